The maximum absolute atomic E-state index is 12.6. The zero-order chi connectivity index (χ0) is 19.7. The Bertz CT molecular complexity index is 915. The summed E-state index contributed by atoms with van der Waals surface area (Å²) in [6, 6.07) is 12.2. The Morgan fingerprint density at radius 3 is 2.12 bits per heavy atom. The molecule has 2 aromatic rings. The van der Waals surface area contributed by atoms with Crippen molar-refractivity contribution in [2.45, 2.75) is 31.1 Å². The summed E-state index contributed by atoms with van der Waals surface area (Å²) < 4.78 is 26.4. The van der Waals surface area contributed by atoms with Gasteiger partial charge in [-0.1, -0.05) is 32.9 Å². The zero-order valence-corrected chi connectivity index (χ0v) is 18.5. The molecule has 7 heteroatoms. The smallest absolute Gasteiger partial charge is 0.256 e. The number of hydrogen-bond donors (Lipinski definition) is 1. The second-order valence-corrected chi connectivity index (χ2v) is 10.5. The van der Waals surface area contributed by atoms with E-state index in [0.29, 0.717) is 14.8 Å². The van der Waals surface area contributed by atoms with Crippen molar-refractivity contribution in [2.24, 2.45) is 0 Å². The Morgan fingerprint density at radius 2 is 1.62 bits per heavy atom. The molecule has 26 heavy (non-hydrogen) atoms. The third-order valence-corrected chi connectivity index (χ3v) is 6.72. The van der Waals surface area contributed by atoms with Gasteiger partial charge in [0.05, 0.1) is 10.5 Å². The van der Waals surface area contributed by atoms with Gasteiger partial charge in [-0.2, -0.15) is 0 Å². The number of amides is 1. The van der Waals surface area contributed by atoms with Crippen LogP contribution in [0.15, 0.2) is 47.4 Å². The van der Waals surface area contributed by atoms with Gasteiger partial charge in [0.15, 0.2) is 0 Å². The highest BCUT2D eigenvalue weighted by molar-refractivity contribution is 14.1. The van der Waals surface area contributed by atoms with E-state index in [1.165, 1.54) is 31.8 Å². The number of anilines is 1. The number of nitrogens with one attached hydrogen (secondary N) is 1. The molecule has 0 unspecified atom stereocenters. The molecule has 2 rings (SSSR count). The Labute approximate surface area is 169 Å². The van der Waals surface area contributed by atoms with Crippen LogP contribution in [0.4, 0.5) is 5.69 Å². The van der Waals surface area contributed by atoms with Crippen LogP contribution in [-0.2, 0) is 15.4 Å². The fourth-order valence-electron chi connectivity index (χ4n) is 2.30. The molecule has 0 bridgehead atoms. The summed E-state index contributed by atoms with van der Waals surface area (Å²) >= 11 is 2.03. The van der Waals surface area contributed by atoms with Crippen molar-refractivity contribution in [1.29, 1.82) is 0 Å². The molecular formula is C19H23IN2O3S. The lowest BCUT2D eigenvalue weighted by Gasteiger charge is -2.19. The van der Waals surface area contributed by atoms with E-state index in [1.54, 1.807) is 6.07 Å². The maximum atomic E-state index is 12.6. The molecule has 0 aliphatic carbocycles. The average molecular weight is 486 g/mol. The van der Waals surface area contributed by atoms with E-state index in [0.717, 1.165) is 4.31 Å². The number of halogens is 1. The highest BCUT2D eigenvalue weighted by Crippen LogP contribution is 2.25. The number of benzene rings is 2. The molecule has 0 aliphatic rings. The first-order chi connectivity index (χ1) is 11.9. The van der Waals surface area contributed by atoms with Gasteiger partial charge in [0.1, 0.15) is 0 Å². The monoisotopic (exact) mass is 486 g/mol. The summed E-state index contributed by atoms with van der Waals surface area (Å²) in [4.78, 5) is 12.7. The van der Waals surface area contributed by atoms with Crippen molar-refractivity contribution in [2.75, 3.05) is 19.4 Å². The number of hydrogen-bond acceptors (Lipinski definition) is 3. The Hall–Kier alpha value is -1.45. The number of rotatable bonds is 4. The molecule has 0 radical (unpaired) electrons. The van der Waals surface area contributed by atoms with Crippen LogP contribution in [0.25, 0.3) is 0 Å². The topological polar surface area (TPSA) is 66.5 Å². The van der Waals surface area contributed by atoms with Gasteiger partial charge >= 0.3 is 0 Å². The Balaban J connectivity index is 2.30. The normalized spacial score (nSPS) is 12.3. The molecule has 140 valence electrons. The largest absolute Gasteiger partial charge is 0.322 e. The molecule has 1 N–H and O–H groups in total. The summed E-state index contributed by atoms with van der Waals surface area (Å²) in [5.74, 6) is -0.339. The summed E-state index contributed by atoms with van der Waals surface area (Å²) in [7, 11) is -0.670. The van der Waals surface area contributed by atoms with Crippen molar-refractivity contribution in [1.82, 2.24) is 4.31 Å². The van der Waals surface area contributed by atoms with Crippen molar-refractivity contribution in [3.63, 3.8) is 0 Å². The van der Waals surface area contributed by atoms with E-state index in [9.17, 15) is 13.2 Å². The second-order valence-electron chi connectivity index (χ2n) is 7.21. The molecule has 0 atom stereocenters. The molecule has 1 amide bonds. The fraction of sp³-hybridized carbons (Fsp3) is 0.316. The van der Waals surface area contributed by atoms with Crippen LogP contribution in [0.5, 0.6) is 0 Å². The van der Waals surface area contributed by atoms with Crippen molar-refractivity contribution in [3.8, 4) is 0 Å². The number of carbonyl (C=O) groups excluding carboxylic acids is 1. The highest BCUT2D eigenvalue weighted by Gasteiger charge is 2.21. The maximum Gasteiger partial charge on any atom is 0.256 e. The van der Waals surface area contributed by atoms with Gasteiger partial charge in [0.2, 0.25) is 10.0 Å². The van der Waals surface area contributed by atoms with Gasteiger partial charge < -0.3 is 5.32 Å². The highest BCUT2D eigenvalue weighted by atomic mass is 127. The first-order valence-electron chi connectivity index (χ1n) is 8.07. The van der Waals surface area contributed by atoms with E-state index in [2.05, 4.69) is 26.1 Å². The SMILES string of the molecule is CN(C)S(=O)(=O)c1ccc(I)c(C(=O)Nc2ccc(C(C)(C)C)cc2)c1. The summed E-state index contributed by atoms with van der Waals surface area (Å²) in [5, 5.41) is 2.83. The van der Waals surface area contributed by atoms with Crippen molar-refractivity contribution in [3.05, 3.63) is 57.2 Å². The lowest BCUT2D eigenvalue weighted by molar-refractivity contribution is 0.102. The average Bonchev–Trinajstić information content (AvgIpc) is 2.54. The molecule has 0 fully saturated rings. The van der Waals surface area contributed by atoms with Gasteiger partial charge in [-0.3, -0.25) is 4.79 Å². The lowest BCUT2D eigenvalue weighted by Crippen LogP contribution is -2.23. The van der Waals surface area contributed by atoms with Crippen LogP contribution in [-0.4, -0.2) is 32.7 Å². The predicted molar refractivity (Wildman–Crippen MR) is 113 cm³/mol. The van der Waals surface area contributed by atoms with E-state index in [-0.39, 0.29) is 16.2 Å². The van der Waals surface area contributed by atoms with Crippen LogP contribution in [0.3, 0.4) is 0 Å². The Kier molecular flexibility index (Phi) is 6.14. The minimum absolute atomic E-state index is 0.0345. The summed E-state index contributed by atoms with van der Waals surface area (Å²) in [6.45, 7) is 6.37. The first kappa shape index (κ1) is 20.9. The Morgan fingerprint density at radius 1 is 1.04 bits per heavy atom. The second kappa shape index (κ2) is 7.66. The molecule has 0 heterocycles. The van der Waals surface area contributed by atoms with Crippen LogP contribution in [0, 0.1) is 3.57 Å². The third kappa shape index (κ3) is 4.63. The van der Waals surface area contributed by atoms with Crippen LogP contribution in [0.1, 0.15) is 36.7 Å². The van der Waals surface area contributed by atoms with Crippen LogP contribution >= 0.6 is 22.6 Å². The van der Waals surface area contributed by atoms with Crippen LogP contribution < -0.4 is 5.32 Å². The minimum Gasteiger partial charge on any atom is -0.322 e. The fourth-order valence-corrected chi connectivity index (χ4v) is 3.81. The molecule has 0 aromatic heterocycles. The lowest BCUT2D eigenvalue weighted by atomic mass is 9.87. The number of nitrogens with zero attached hydrogens (tertiary/aromatic N) is 1. The quantitative estimate of drug-likeness (QED) is 0.663. The molecule has 0 saturated carbocycles. The van der Waals surface area contributed by atoms with Crippen molar-refractivity contribution < 1.29 is 13.2 Å². The van der Waals surface area contributed by atoms with Crippen molar-refractivity contribution >= 4 is 44.2 Å². The molecule has 2 aromatic carbocycles. The van der Waals surface area contributed by atoms with E-state index in [1.807, 2.05) is 46.9 Å². The van der Waals surface area contributed by atoms with E-state index in [4.69, 9.17) is 0 Å². The molecule has 5 nitrogen and oxygen atoms in total. The third-order valence-electron chi connectivity index (χ3n) is 3.97. The molecule has 0 spiro atoms. The minimum atomic E-state index is -3.59. The van der Waals surface area contributed by atoms with Gasteiger partial charge in [-0.15, -0.1) is 0 Å². The van der Waals surface area contributed by atoms with Crippen LogP contribution in [0.2, 0.25) is 0 Å². The van der Waals surface area contributed by atoms with Gasteiger partial charge in [-0.25, -0.2) is 12.7 Å². The van der Waals surface area contributed by atoms with E-state index < -0.39 is 10.0 Å². The van der Waals surface area contributed by atoms with E-state index >= 15 is 0 Å². The van der Waals surface area contributed by atoms with Gasteiger partial charge in [0, 0.05) is 23.4 Å². The summed E-state index contributed by atoms with van der Waals surface area (Å²) in [6.07, 6.45) is 0. The summed E-state index contributed by atoms with van der Waals surface area (Å²) in [5.41, 5.74) is 2.20. The standard InChI is InChI=1S/C19H23IN2O3S/c1-19(2,3)13-6-8-14(9-7-13)21-18(23)16-12-15(10-11-17(16)20)26(24,25)22(4)5/h6-12H,1-5H3,(H,21,23). The number of carbonyl (C=O) groups is 1. The predicted octanol–water partition coefficient (Wildman–Crippen LogP) is 4.09. The molecule has 0 aliphatic heterocycles. The molecule has 0 saturated heterocycles. The molecular weight excluding hydrogens is 463 g/mol. The number of sulfonamides is 1. The van der Waals surface area contributed by atoms with Gasteiger partial charge in [0.25, 0.3) is 5.91 Å². The van der Waals surface area contributed by atoms with Gasteiger partial charge in [-0.05, 0) is 63.9 Å². The zero-order valence-electron chi connectivity index (χ0n) is 15.5. The first-order valence-corrected chi connectivity index (χ1v) is 10.6.